The predicted octanol–water partition coefficient (Wildman–Crippen LogP) is 5.06. The van der Waals surface area contributed by atoms with E-state index in [4.69, 9.17) is 16.6 Å². The Labute approximate surface area is 174 Å². The zero-order valence-corrected chi connectivity index (χ0v) is 17.8. The second kappa shape index (κ2) is 8.36. The summed E-state index contributed by atoms with van der Waals surface area (Å²) in [6.07, 6.45) is -2.25. The molecule has 1 saturated heterocycles. The fourth-order valence-electron chi connectivity index (χ4n) is 3.45. The number of halogens is 4. The predicted molar refractivity (Wildman–Crippen MR) is 112 cm³/mol. The summed E-state index contributed by atoms with van der Waals surface area (Å²) < 4.78 is 40.5. The summed E-state index contributed by atoms with van der Waals surface area (Å²) in [5.74, 6) is 0.613. The molecule has 0 atom stereocenters. The van der Waals surface area contributed by atoms with Crippen molar-refractivity contribution in [1.82, 2.24) is 14.8 Å². The molecule has 0 unspecified atom stereocenters. The van der Waals surface area contributed by atoms with Crippen LogP contribution in [0, 0.1) is 0 Å². The molecule has 1 aromatic carbocycles. The maximum absolute atomic E-state index is 13.5. The molecule has 0 amide bonds. The SMILES string of the molecule is CC=NN1C(N2CCN(C)CC2)=Nc2cc(Cl)c(C(F)(F)F)cc2C1=C(C)CC. The van der Waals surface area contributed by atoms with E-state index >= 15 is 0 Å². The lowest BCUT2D eigenvalue weighted by Gasteiger charge is -2.40. The highest BCUT2D eigenvalue weighted by molar-refractivity contribution is 6.32. The van der Waals surface area contributed by atoms with E-state index in [1.807, 2.05) is 13.8 Å². The molecule has 2 aliphatic heterocycles. The third-order valence-corrected chi connectivity index (χ3v) is 5.53. The molecule has 9 heteroatoms. The van der Waals surface area contributed by atoms with Crippen LogP contribution in [0.3, 0.4) is 0 Å². The van der Waals surface area contributed by atoms with Crippen molar-refractivity contribution in [3.8, 4) is 0 Å². The quantitative estimate of drug-likeness (QED) is 0.619. The molecule has 0 N–H and O–H groups in total. The molecule has 2 heterocycles. The zero-order chi connectivity index (χ0) is 21.3. The van der Waals surface area contributed by atoms with Gasteiger partial charge in [0.25, 0.3) is 0 Å². The fraction of sp³-hybridized carbons (Fsp3) is 0.500. The summed E-state index contributed by atoms with van der Waals surface area (Å²) in [7, 11) is 2.06. The first-order valence-electron chi connectivity index (χ1n) is 9.59. The first kappa shape index (κ1) is 21.6. The zero-order valence-electron chi connectivity index (χ0n) is 17.0. The Morgan fingerprint density at radius 1 is 1.24 bits per heavy atom. The molecule has 0 radical (unpaired) electrons. The van der Waals surface area contributed by atoms with Crippen molar-refractivity contribution in [3.63, 3.8) is 0 Å². The van der Waals surface area contributed by atoms with Gasteiger partial charge in [-0.2, -0.15) is 18.3 Å². The van der Waals surface area contributed by atoms with Crippen molar-refractivity contribution < 1.29 is 13.2 Å². The number of fused-ring (bicyclic) bond motifs is 1. The van der Waals surface area contributed by atoms with Crippen molar-refractivity contribution in [2.75, 3.05) is 33.2 Å². The first-order chi connectivity index (χ1) is 13.7. The number of nitrogens with zero attached hydrogens (tertiary/aromatic N) is 5. The van der Waals surface area contributed by atoms with Gasteiger partial charge in [0.1, 0.15) is 0 Å². The highest BCUT2D eigenvalue weighted by atomic mass is 35.5. The molecule has 158 valence electrons. The molecule has 0 aromatic heterocycles. The lowest BCUT2D eigenvalue weighted by Crippen LogP contribution is -2.51. The highest BCUT2D eigenvalue weighted by Crippen LogP contribution is 2.44. The molecule has 5 nitrogen and oxygen atoms in total. The summed E-state index contributed by atoms with van der Waals surface area (Å²) >= 11 is 5.99. The Kier molecular flexibility index (Phi) is 6.24. The van der Waals surface area contributed by atoms with Crippen LogP contribution in [0.4, 0.5) is 18.9 Å². The third kappa shape index (κ3) is 4.28. The maximum atomic E-state index is 13.5. The Bertz CT molecular complexity index is 868. The van der Waals surface area contributed by atoms with Gasteiger partial charge in [0, 0.05) is 38.0 Å². The lowest BCUT2D eigenvalue weighted by molar-refractivity contribution is -0.137. The van der Waals surface area contributed by atoms with E-state index in [1.54, 1.807) is 18.1 Å². The molecule has 0 aliphatic carbocycles. The van der Waals surface area contributed by atoms with Gasteiger partial charge >= 0.3 is 6.18 Å². The lowest BCUT2D eigenvalue weighted by atomic mass is 9.99. The Morgan fingerprint density at radius 3 is 2.45 bits per heavy atom. The third-order valence-electron chi connectivity index (χ3n) is 5.22. The monoisotopic (exact) mass is 427 g/mol. The van der Waals surface area contributed by atoms with Gasteiger partial charge < -0.3 is 9.80 Å². The van der Waals surface area contributed by atoms with E-state index in [1.165, 1.54) is 6.07 Å². The summed E-state index contributed by atoms with van der Waals surface area (Å²) in [5, 5.41) is 5.79. The minimum atomic E-state index is -4.54. The molecule has 1 aromatic rings. The first-order valence-corrected chi connectivity index (χ1v) is 9.96. The van der Waals surface area contributed by atoms with E-state index in [0.29, 0.717) is 29.3 Å². The highest BCUT2D eigenvalue weighted by Gasteiger charge is 2.37. The van der Waals surface area contributed by atoms with Crippen LogP contribution in [-0.2, 0) is 6.18 Å². The van der Waals surface area contributed by atoms with Crippen molar-refractivity contribution in [1.29, 1.82) is 0 Å². The van der Waals surface area contributed by atoms with Crippen LogP contribution < -0.4 is 0 Å². The summed E-state index contributed by atoms with van der Waals surface area (Å²) in [5.41, 5.74) is 1.52. The van der Waals surface area contributed by atoms with Crippen LogP contribution in [0.2, 0.25) is 5.02 Å². The average molecular weight is 428 g/mol. The van der Waals surface area contributed by atoms with Gasteiger partial charge in [0.2, 0.25) is 5.96 Å². The second-order valence-corrected chi connectivity index (χ2v) is 7.62. The minimum Gasteiger partial charge on any atom is -0.338 e. The average Bonchev–Trinajstić information content (AvgIpc) is 2.66. The number of rotatable bonds is 2. The maximum Gasteiger partial charge on any atom is 0.417 e. The number of piperazine rings is 1. The normalized spacial score (nSPS) is 20.2. The summed E-state index contributed by atoms with van der Waals surface area (Å²) in [6, 6.07) is 2.40. The van der Waals surface area contributed by atoms with Gasteiger partial charge in [0.05, 0.1) is 22.0 Å². The van der Waals surface area contributed by atoms with Crippen molar-refractivity contribution in [3.05, 3.63) is 33.9 Å². The van der Waals surface area contributed by atoms with Gasteiger partial charge in [0.15, 0.2) is 0 Å². The molecule has 0 bridgehead atoms. The number of guanidine groups is 1. The summed E-state index contributed by atoms with van der Waals surface area (Å²) in [6.45, 7) is 8.91. The van der Waals surface area contributed by atoms with E-state index in [0.717, 1.165) is 37.8 Å². The summed E-state index contributed by atoms with van der Waals surface area (Å²) in [4.78, 5) is 9.03. The van der Waals surface area contributed by atoms with Crippen LogP contribution in [0.25, 0.3) is 5.70 Å². The van der Waals surface area contributed by atoms with E-state index in [-0.39, 0.29) is 5.02 Å². The Hall–Kier alpha value is -2.06. The fourth-order valence-corrected chi connectivity index (χ4v) is 3.71. The van der Waals surface area contributed by atoms with Crippen LogP contribution in [0.15, 0.2) is 27.8 Å². The van der Waals surface area contributed by atoms with Crippen molar-refractivity contribution in [2.24, 2.45) is 10.1 Å². The molecule has 29 heavy (non-hydrogen) atoms. The number of likely N-dealkylation sites (N-methyl/N-ethyl adjacent to an activating group) is 1. The van der Waals surface area contributed by atoms with Gasteiger partial charge in [-0.3, -0.25) is 0 Å². The van der Waals surface area contributed by atoms with Gasteiger partial charge in [-0.1, -0.05) is 18.5 Å². The molecular formula is C20H25ClF3N5. The molecule has 1 fully saturated rings. The number of hydrazone groups is 1. The molecule has 0 saturated carbocycles. The van der Waals surface area contributed by atoms with Crippen LogP contribution in [-0.4, -0.2) is 60.2 Å². The molecule has 0 spiro atoms. The van der Waals surface area contributed by atoms with E-state index in [2.05, 4.69) is 21.9 Å². The van der Waals surface area contributed by atoms with Crippen LogP contribution >= 0.6 is 11.6 Å². The van der Waals surface area contributed by atoms with Crippen molar-refractivity contribution in [2.45, 2.75) is 33.4 Å². The standard InChI is InChI=1S/C20H25ClF3N5/c1-5-13(3)18-14-11-15(20(22,23)24)16(21)12-17(14)26-19(29(18)25-6-2)28-9-7-27(4)8-10-28/h6,11-12H,5,7-10H2,1-4H3. The second-order valence-electron chi connectivity index (χ2n) is 7.22. The van der Waals surface area contributed by atoms with Gasteiger partial charge in [-0.05, 0) is 45.0 Å². The number of aliphatic imine (C=N–C) groups is 1. The molecular weight excluding hydrogens is 403 g/mol. The van der Waals surface area contributed by atoms with Crippen LogP contribution in [0.5, 0.6) is 0 Å². The smallest absolute Gasteiger partial charge is 0.338 e. The van der Waals surface area contributed by atoms with Crippen molar-refractivity contribution >= 4 is 35.2 Å². The minimum absolute atomic E-state index is 0.348. The Balaban J connectivity index is 2.23. The van der Waals surface area contributed by atoms with Gasteiger partial charge in [-0.15, -0.1) is 0 Å². The number of alkyl halides is 3. The van der Waals surface area contributed by atoms with Crippen LogP contribution in [0.1, 0.15) is 38.3 Å². The number of allylic oxidation sites excluding steroid dienone is 1. The molecule has 3 rings (SSSR count). The topological polar surface area (TPSA) is 34.4 Å². The largest absolute Gasteiger partial charge is 0.417 e. The van der Waals surface area contributed by atoms with E-state index < -0.39 is 11.7 Å². The number of hydrogen-bond donors (Lipinski definition) is 0. The molecule has 2 aliphatic rings. The number of hydrogen-bond acceptors (Lipinski definition) is 5. The van der Waals surface area contributed by atoms with E-state index in [9.17, 15) is 13.2 Å². The number of benzene rings is 1. The Morgan fingerprint density at radius 2 is 1.90 bits per heavy atom. The van der Waals surface area contributed by atoms with Gasteiger partial charge in [-0.25, -0.2) is 10.0 Å².